The molecule has 0 unspecified atom stereocenters. The second-order valence-corrected chi connectivity index (χ2v) is 7.03. The SMILES string of the molecule is Cl.N[C@@H](c1c(Br)cc(Br)c(O)c1Br)C1CCNCC1. The van der Waals surface area contributed by atoms with Crippen LogP contribution in [-0.4, -0.2) is 18.2 Å². The minimum absolute atomic E-state index is 0. The molecule has 0 aromatic heterocycles. The summed E-state index contributed by atoms with van der Waals surface area (Å²) in [6, 6.07) is 1.77. The minimum Gasteiger partial charge on any atom is -0.506 e. The van der Waals surface area contributed by atoms with Crippen LogP contribution >= 0.6 is 60.2 Å². The van der Waals surface area contributed by atoms with Crippen LogP contribution in [0.3, 0.4) is 0 Å². The molecule has 0 bridgehead atoms. The first kappa shape index (κ1) is 17.7. The van der Waals surface area contributed by atoms with E-state index in [2.05, 4.69) is 53.1 Å². The highest BCUT2D eigenvalue weighted by Gasteiger charge is 2.26. The number of halogens is 4. The molecule has 1 heterocycles. The number of hydrogen-bond acceptors (Lipinski definition) is 3. The van der Waals surface area contributed by atoms with Crippen molar-refractivity contribution in [1.29, 1.82) is 0 Å². The van der Waals surface area contributed by atoms with Gasteiger partial charge in [-0.3, -0.25) is 0 Å². The monoisotopic (exact) mass is 476 g/mol. The van der Waals surface area contributed by atoms with E-state index in [4.69, 9.17) is 5.73 Å². The zero-order chi connectivity index (χ0) is 13.3. The Labute approximate surface area is 144 Å². The molecule has 19 heavy (non-hydrogen) atoms. The Balaban J connectivity index is 0.00000180. The number of nitrogens with two attached hydrogens (primary N) is 1. The molecule has 0 spiro atoms. The fourth-order valence-corrected chi connectivity index (χ4v) is 4.99. The Morgan fingerprint density at radius 1 is 1.21 bits per heavy atom. The van der Waals surface area contributed by atoms with E-state index in [0.29, 0.717) is 14.9 Å². The second kappa shape index (κ2) is 7.61. The van der Waals surface area contributed by atoms with Crippen LogP contribution in [0.1, 0.15) is 24.4 Å². The average Bonchev–Trinajstić information content (AvgIpc) is 2.37. The van der Waals surface area contributed by atoms with Gasteiger partial charge in [-0.1, -0.05) is 15.9 Å². The predicted octanol–water partition coefficient (Wildman–Crippen LogP) is 4.10. The summed E-state index contributed by atoms with van der Waals surface area (Å²) >= 11 is 10.3. The van der Waals surface area contributed by atoms with E-state index in [-0.39, 0.29) is 24.2 Å². The summed E-state index contributed by atoms with van der Waals surface area (Å²) in [5.41, 5.74) is 7.32. The first-order valence-electron chi connectivity index (χ1n) is 5.85. The molecule has 4 N–H and O–H groups in total. The average molecular weight is 479 g/mol. The highest BCUT2D eigenvalue weighted by Crippen LogP contribution is 2.44. The number of phenols is 1. The van der Waals surface area contributed by atoms with Crippen molar-refractivity contribution in [2.24, 2.45) is 11.7 Å². The van der Waals surface area contributed by atoms with E-state index in [9.17, 15) is 5.11 Å². The third-order valence-corrected chi connectivity index (χ3v) is 5.47. The summed E-state index contributed by atoms with van der Waals surface area (Å²) in [5, 5.41) is 13.3. The van der Waals surface area contributed by atoms with Crippen LogP contribution in [0.4, 0.5) is 0 Å². The normalized spacial score (nSPS) is 17.9. The van der Waals surface area contributed by atoms with Crippen LogP contribution in [0.15, 0.2) is 19.5 Å². The van der Waals surface area contributed by atoms with E-state index in [1.807, 2.05) is 6.07 Å². The summed E-state index contributed by atoms with van der Waals surface area (Å²) in [6.07, 6.45) is 2.13. The van der Waals surface area contributed by atoms with Gasteiger partial charge in [0.1, 0.15) is 5.75 Å². The number of rotatable bonds is 2. The maximum Gasteiger partial charge on any atom is 0.144 e. The first-order chi connectivity index (χ1) is 8.52. The molecular formula is C12H16Br3ClN2O. The van der Waals surface area contributed by atoms with Gasteiger partial charge in [0.15, 0.2) is 0 Å². The highest BCUT2D eigenvalue weighted by molar-refractivity contribution is 9.11. The summed E-state index contributed by atoms with van der Waals surface area (Å²) in [7, 11) is 0. The zero-order valence-electron chi connectivity index (χ0n) is 10.1. The number of benzene rings is 1. The molecule has 1 saturated heterocycles. The molecule has 0 aliphatic carbocycles. The maximum atomic E-state index is 9.98. The van der Waals surface area contributed by atoms with E-state index >= 15 is 0 Å². The Hall–Kier alpha value is 0.670. The maximum absolute atomic E-state index is 9.98. The molecule has 0 radical (unpaired) electrons. The van der Waals surface area contributed by atoms with Gasteiger partial charge in [-0.15, -0.1) is 12.4 Å². The molecule has 2 rings (SSSR count). The van der Waals surface area contributed by atoms with Gasteiger partial charge in [0, 0.05) is 16.1 Å². The molecule has 0 amide bonds. The lowest BCUT2D eigenvalue weighted by Gasteiger charge is -2.29. The van der Waals surface area contributed by atoms with Crippen LogP contribution in [0.2, 0.25) is 0 Å². The molecular weight excluding hydrogens is 463 g/mol. The smallest absolute Gasteiger partial charge is 0.144 e. The van der Waals surface area contributed by atoms with Gasteiger partial charge in [-0.2, -0.15) is 0 Å². The highest BCUT2D eigenvalue weighted by atomic mass is 79.9. The summed E-state index contributed by atoms with van der Waals surface area (Å²) in [6.45, 7) is 2.02. The predicted molar refractivity (Wildman–Crippen MR) is 91.0 cm³/mol. The Bertz CT molecular complexity index is 453. The largest absolute Gasteiger partial charge is 0.506 e. The number of nitrogens with one attached hydrogen (secondary N) is 1. The molecule has 3 nitrogen and oxygen atoms in total. The van der Waals surface area contributed by atoms with Crippen molar-refractivity contribution in [3.8, 4) is 5.75 Å². The van der Waals surface area contributed by atoms with Gasteiger partial charge in [0.25, 0.3) is 0 Å². The Kier molecular flexibility index (Phi) is 7.10. The Morgan fingerprint density at radius 2 is 1.79 bits per heavy atom. The number of phenolic OH excluding ortho intramolecular Hbond substituents is 1. The van der Waals surface area contributed by atoms with E-state index in [1.54, 1.807) is 0 Å². The summed E-state index contributed by atoms with van der Waals surface area (Å²) in [5.74, 6) is 0.650. The van der Waals surface area contributed by atoms with Gasteiger partial charge in [-0.05, 0) is 69.8 Å². The summed E-state index contributed by atoms with van der Waals surface area (Å²) < 4.78 is 2.25. The summed E-state index contributed by atoms with van der Waals surface area (Å²) in [4.78, 5) is 0. The quantitative estimate of drug-likeness (QED) is 0.599. The number of hydrogen-bond donors (Lipinski definition) is 3. The lowest BCUT2D eigenvalue weighted by molar-refractivity contribution is 0.320. The van der Waals surface area contributed by atoms with Crippen molar-refractivity contribution < 1.29 is 5.11 Å². The van der Waals surface area contributed by atoms with Crippen molar-refractivity contribution in [3.63, 3.8) is 0 Å². The number of aromatic hydroxyl groups is 1. The van der Waals surface area contributed by atoms with E-state index in [1.165, 1.54) is 0 Å². The topological polar surface area (TPSA) is 58.3 Å². The number of piperidine rings is 1. The molecule has 1 atom stereocenters. The van der Waals surface area contributed by atoms with Crippen LogP contribution in [0.5, 0.6) is 5.75 Å². The zero-order valence-corrected chi connectivity index (χ0v) is 15.7. The van der Waals surface area contributed by atoms with Gasteiger partial charge in [0.05, 0.1) is 8.95 Å². The fourth-order valence-electron chi connectivity index (χ4n) is 2.34. The van der Waals surface area contributed by atoms with Crippen molar-refractivity contribution in [2.75, 3.05) is 13.1 Å². The van der Waals surface area contributed by atoms with Crippen LogP contribution < -0.4 is 11.1 Å². The van der Waals surface area contributed by atoms with Crippen LogP contribution in [0.25, 0.3) is 0 Å². The fraction of sp³-hybridized carbons (Fsp3) is 0.500. The van der Waals surface area contributed by atoms with E-state index < -0.39 is 0 Å². The Morgan fingerprint density at radius 3 is 2.37 bits per heavy atom. The second-order valence-electron chi connectivity index (χ2n) is 4.53. The van der Waals surface area contributed by atoms with Gasteiger partial charge >= 0.3 is 0 Å². The molecule has 1 aromatic rings. The molecule has 108 valence electrons. The van der Waals surface area contributed by atoms with Crippen LogP contribution in [-0.2, 0) is 0 Å². The molecule has 1 aromatic carbocycles. The van der Waals surface area contributed by atoms with Crippen molar-refractivity contribution in [2.45, 2.75) is 18.9 Å². The van der Waals surface area contributed by atoms with E-state index in [0.717, 1.165) is 36.0 Å². The van der Waals surface area contributed by atoms with Crippen molar-refractivity contribution in [1.82, 2.24) is 5.32 Å². The molecule has 1 fully saturated rings. The molecule has 1 aliphatic heterocycles. The molecule has 1 aliphatic rings. The third kappa shape index (κ3) is 3.86. The minimum atomic E-state index is -0.0742. The lowest BCUT2D eigenvalue weighted by Crippen LogP contribution is -2.34. The van der Waals surface area contributed by atoms with Crippen LogP contribution in [0, 0.1) is 5.92 Å². The standard InChI is InChI=1S/C12H15Br3N2O.ClH/c13-7-5-8(14)12(18)10(15)9(7)11(16)6-1-3-17-4-2-6;/h5-6,11,17-18H,1-4,16H2;1H/t11-;/m1./s1. The van der Waals surface area contributed by atoms with Crippen molar-refractivity contribution in [3.05, 3.63) is 25.0 Å². The molecule has 0 saturated carbocycles. The van der Waals surface area contributed by atoms with Gasteiger partial charge in [0.2, 0.25) is 0 Å². The van der Waals surface area contributed by atoms with Gasteiger partial charge < -0.3 is 16.2 Å². The van der Waals surface area contributed by atoms with Gasteiger partial charge in [-0.25, -0.2) is 0 Å². The first-order valence-corrected chi connectivity index (χ1v) is 8.23. The third-order valence-electron chi connectivity index (χ3n) is 3.41. The van der Waals surface area contributed by atoms with Crippen molar-refractivity contribution >= 4 is 60.2 Å². The lowest BCUT2D eigenvalue weighted by atomic mass is 9.86. The molecule has 7 heteroatoms.